The maximum atomic E-state index is 12.2. The van der Waals surface area contributed by atoms with Gasteiger partial charge in [0, 0.05) is 5.56 Å². The van der Waals surface area contributed by atoms with Crippen LogP contribution in [0.25, 0.3) is 0 Å². The van der Waals surface area contributed by atoms with E-state index >= 15 is 0 Å². The molecule has 1 fully saturated rings. The Balaban J connectivity index is 2.09. The zero-order chi connectivity index (χ0) is 15.6. The van der Waals surface area contributed by atoms with Crippen molar-refractivity contribution in [1.29, 1.82) is 0 Å². The molecule has 1 heterocycles. The number of nitrogens with one attached hydrogen (secondary N) is 1. The summed E-state index contributed by atoms with van der Waals surface area (Å²) in [7, 11) is -1.46. The van der Waals surface area contributed by atoms with E-state index in [9.17, 15) is 13.2 Å². The van der Waals surface area contributed by atoms with E-state index in [0.717, 1.165) is 11.1 Å². The lowest BCUT2D eigenvalue weighted by atomic mass is 10.0. The Morgan fingerprint density at radius 3 is 2.71 bits per heavy atom. The maximum Gasteiger partial charge on any atom is 0.224 e. The first-order valence-electron chi connectivity index (χ1n) is 6.98. The second kappa shape index (κ2) is 6.05. The zero-order valence-electron chi connectivity index (χ0n) is 12.5. The molecule has 116 valence electrons. The van der Waals surface area contributed by atoms with Gasteiger partial charge < -0.3 is 10.1 Å². The van der Waals surface area contributed by atoms with Crippen LogP contribution in [0.1, 0.15) is 30.5 Å². The van der Waals surface area contributed by atoms with Gasteiger partial charge in [0.2, 0.25) is 5.91 Å². The number of sulfone groups is 1. The summed E-state index contributed by atoms with van der Waals surface area (Å²) < 4.78 is 28.2. The molecule has 21 heavy (non-hydrogen) atoms. The number of hydrogen-bond acceptors (Lipinski definition) is 4. The van der Waals surface area contributed by atoms with Crippen molar-refractivity contribution >= 4 is 15.7 Å². The number of methoxy groups -OCH3 is 1. The number of carbonyl (C=O) groups excluding carboxylic acids is 1. The largest absolute Gasteiger partial charge is 0.496 e. The van der Waals surface area contributed by atoms with Gasteiger partial charge in [0.15, 0.2) is 9.84 Å². The van der Waals surface area contributed by atoms with Crippen molar-refractivity contribution in [3.63, 3.8) is 0 Å². The molecule has 6 heteroatoms. The van der Waals surface area contributed by atoms with Gasteiger partial charge in [-0.1, -0.05) is 17.7 Å². The molecular weight excluding hydrogens is 290 g/mol. The highest BCUT2D eigenvalue weighted by molar-refractivity contribution is 7.91. The van der Waals surface area contributed by atoms with Gasteiger partial charge in [-0.3, -0.25) is 4.79 Å². The van der Waals surface area contributed by atoms with Crippen LogP contribution in [0.3, 0.4) is 0 Å². The lowest BCUT2D eigenvalue weighted by molar-refractivity contribution is -0.124. The highest BCUT2D eigenvalue weighted by Gasteiger charge is 2.33. The van der Waals surface area contributed by atoms with E-state index in [-0.39, 0.29) is 23.5 Å². The molecule has 0 saturated carbocycles. The second-order valence-electron chi connectivity index (χ2n) is 5.58. The Morgan fingerprint density at radius 1 is 1.43 bits per heavy atom. The molecule has 1 N–H and O–H groups in total. The van der Waals surface area contributed by atoms with Crippen LogP contribution in [0.2, 0.25) is 0 Å². The Morgan fingerprint density at radius 2 is 2.14 bits per heavy atom. The third-order valence-corrected chi connectivity index (χ3v) is 5.58. The fraction of sp³-hybridized carbons (Fsp3) is 0.533. The van der Waals surface area contributed by atoms with Crippen LogP contribution >= 0.6 is 0 Å². The second-order valence-corrected chi connectivity index (χ2v) is 7.80. The first-order valence-corrected chi connectivity index (χ1v) is 8.80. The predicted octanol–water partition coefficient (Wildman–Crippen LogP) is 1.62. The summed E-state index contributed by atoms with van der Waals surface area (Å²) in [6, 6.07) is 5.55. The minimum Gasteiger partial charge on any atom is -0.496 e. The van der Waals surface area contributed by atoms with Crippen LogP contribution in [0.4, 0.5) is 0 Å². The third kappa shape index (κ3) is 3.75. The lowest BCUT2D eigenvalue weighted by Crippen LogP contribution is -2.33. The Labute approximate surface area is 125 Å². The fourth-order valence-corrected chi connectivity index (χ4v) is 4.34. The first kappa shape index (κ1) is 15.8. The van der Waals surface area contributed by atoms with Crippen LogP contribution in [0, 0.1) is 12.8 Å². The minimum absolute atomic E-state index is 0.0451. The van der Waals surface area contributed by atoms with E-state index in [2.05, 4.69) is 5.32 Å². The highest BCUT2D eigenvalue weighted by Crippen LogP contribution is 2.27. The number of rotatable bonds is 4. The SMILES string of the molecule is COc1ccc(C)cc1C(C)NC(=O)C1CCS(=O)(=O)C1. The smallest absolute Gasteiger partial charge is 0.224 e. The molecule has 1 aromatic rings. The summed E-state index contributed by atoms with van der Waals surface area (Å²) in [5.41, 5.74) is 1.97. The van der Waals surface area contributed by atoms with E-state index in [1.165, 1.54) is 0 Å². The monoisotopic (exact) mass is 311 g/mol. The number of carbonyl (C=O) groups is 1. The van der Waals surface area contributed by atoms with Crippen LogP contribution in [-0.4, -0.2) is 32.9 Å². The predicted molar refractivity (Wildman–Crippen MR) is 81.0 cm³/mol. The topological polar surface area (TPSA) is 72.5 Å². The van der Waals surface area contributed by atoms with Crippen molar-refractivity contribution in [2.45, 2.75) is 26.3 Å². The van der Waals surface area contributed by atoms with E-state index in [1.54, 1.807) is 7.11 Å². The van der Waals surface area contributed by atoms with Gasteiger partial charge in [0.1, 0.15) is 5.75 Å². The van der Waals surface area contributed by atoms with Gasteiger partial charge in [-0.25, -0.2) is 8.42 Å². The first-order chi connectivity index (χ1) is 9.82. The molecule has 0 aromatic heterocycles. The van der Waals surface area contributed by atoms with Crippen molar-refractivity contribution in [1.82, 2.24) is 5.32 Å². The Hall–Kier alpha value is -1.56. The molecule has 2 unspecified atom stereocenters. The molecular formula is C15H21NO4S. The Kier molecular flexibility index (Phi) is 4.56. The average Bonchev–Trinajstić information content (AvgIpc) is 2.79. The normalized spacial score (nSPS) is 21.8. The maximum absolute atomic E-state index is 12.2. The molecule has 2 rings (SSSR count). The van der Waals surface area contributed by atoms with Crippen LogP contribution < -0.4 is 10.1 Å². The molecule has 1 amide bonds. The molecule has 1 saturated heterocycles. The molecule has 0 bridgehead atoms. The summed E-state index contributed by atoms with van der Waals surface area (Å²) >= 11 is 0. The summed E-state index contributed by atoms with van der Waals surface area (Å²) in [5.74, 6) is 0.136. The van der Waals surface area contributed by atoms with Gasteiger partial charge in [-0.15, -0.1) is 0 Å². The number of aryl methyl sites for hydroxylation is 1. The molecule has 0 spiro atoms. The van der Waals surface area contributed by atoms with Crippen LogP contribution in [-0.2, 0) is 14.6 Å². The zero-order valence-corrected chi connectivity index (χ0v) is 13.4. The van der Waals surface area contributed by atoms with Crippen molar-refractivity contribution in [3.8, 4) is 5.75 Å². The van der Waals surface area contributed by atoms with Crippen molar-refractivity contribution in [2.75, 3.05) is 18.6 Å². The van der Waals surface area contributed by atoms with E-state index < -0.39 is 15.8 Å². The highest BCUT2D eigenvalue weighted by atomic mass is 32.2. The quantitative estimate of drug-likeness (QED) is 0.917. The summed E-state index contributed by atoms with van der Waals surface area (Å²) in [5, 5.41) is 2.89. The van der Waals surface area contributed by atoms with Crippen molar-refractivity contribution < 1.29 is 17.9 Å². The number of benzene rings is 1. The standard InChI is InChI=1S/C15H21NO4S/c1-10-4-5-14(20-3)13(8-10)11(2)16-15(17)12-6-7-21(18,19)9-12/h4-5,8,11-12H,6-7,9H2,1-3H3,(H,16,17). The Bertz CT molecular complexity index is 639. The summed E-state index contributed by atoms with van der Waals surface area (Å²) in [6.07, 6.45) is 0.409. The molecule has 2 atom stereocenters. The lowest BCUT2D eigenvalue weighted by Gasteiger charge is -2.19. The number of hydrogen-bond donors (Lipinski definition) is 1. The molecule has 1 aromatic carbocycles. The van der Waals surface area contributed by atoms with Crippen molar-refractivity contribution in [3.05, 3.63) is 29.3 Å². The van der Waals surface area contributed by atoms with Gasteiger partial charge in [0.25, 0.3) is 0 Å². The van der Waals surface area contributed by atoms with Gasteiger partial charge in [-0.05, 0) is 26.3 Å². The minimum atomic E-state index is -3.05. The van der Waals surface area contributed by atoms with E-state index in [4.69, 9.17) is 4.74 Å². The van der Waals surface area contributed by atoms with Gasteiger partial charge in [-0.2, -0.15) is 0 Å². The molecule has 1 aliphatic heterocycles. The molecule has 1 aliphatic rings. The van der Waals surface area contributed by atoms with Crippen molar-refractivity contribution in [2.24, 2.45) is 5.92 Å². The summed E-state index contributed by atoms with van der Waals surface area (Å²) in [6.45, 7) is 3.85. The molecule has 5 nitrogen and oxygen atoms in total. The fourth-order valence-electron chi connectivity index (χ4n) is 2.60. The van der Waals surface area contributed by atoms with E-state index in [1.807, 2.05) is 32.0 Å². The molecule has 0 aliphatic carbocycles. The number of amides is 1. The van der Waals surface area contributed by atoms with Gasteiger partial charge in [0.05, 0.1) is 30.6 Å². The van der Waals surface area contributed by atoms with E-state index in [0.29, 0.717) is 12.2 Å². The van der Waals surface area contributed by atoms with Crippen LogP contribution in [0.15, 0.2) is 18.2 Å². The van der Waals surface area contributed by atoms with Gasteiger partial charge >= 0.3 is 0 Å². The third-order valence-electron chi connectivity index (χ3n) is 3.81. The molecule has 0 radical (unpaired) electrons. The summed E-state index contributed by atoms with van der Waals surface area (Å²) in [4.78, 5) is 12.2. The van der Waals surface area contributed by atoms with Crippen LogP contribution in [0.5, 0.6) is 5.75 Å². The average molecular weight is 311 g/mol. The number of ether oxygens (including phenoxy) is 1.